The van der Waals surface area contributed by atoms with E-state index in [4.69, 9.17) is 31.0 Å². The summed E-state index contributed by atoms with van der Waals surface area (Å²) < 4.78 is 13.6. The number of hydrogen-bond acceptors (Lipinski definition) is 8. The molecule has 0 bridgehead atoms. The summed E-state index contributed by atoms with van der Waals surface area (Å²) in [6.45, 7) is 6.42. The molecule has 10 nitrogen and oxygen atoms in total. The largest absolute Gasteiger partial charge is 0.461 e. The molecule has 0 saturated carbocycles. The van der Waals surface area contributed by atoms with Crippen LogP contribution in [0.15, 0.2) is 18.3 Å². The fraction of sp³-hybridized carbons (Fsp3) is 0.609. The van der Waals surface area contributed by atoms with Gasteiger partial charge in [0.15, 0.2) is 0 Å². The molecule has 3 aromatic heterocycles. The molecule has 3 saturated heterocycles. The molecule has 3 aromatic rings. The van der Waals surface area contributed by atoms with Crippen molar-refractivity contribution in [2.24, 2.45) is 0 Å². The van der Waals surface area contributed by atoms with Crippen LogP contribution >= 0.6 is 11.6 Å². The summed E-state index contributed by atoms with van der Waals surface area (Å²) in [4.78, 5) is 14.3. The Labute approximate surface area is 202 Å². The molecule has 1 atom stereocenters. The van der Waals surface area contributed by atoms with Crippen molar-refractivity contribution < 1.29 is 20.1 Å². The first kappa shape index (κ1) is 23.5. The zero-order chi connectivity index (χ0) is 22.6. The Balaban J connectivity index is 0.00000241. The summed E-state index contributed by atoms with van der Waals surface area (Å²) in [5, 5.41) is 16.5. The Hall–Kier alpha value is -2.24. The van der Waals surface area contributed by atoms with Crippen LogP contribution in [0.4, 0.5) is 5.82 Å². The molecule has 3 fully saturated rings. The molecule has 3 aliphatic heterocycles. The number of anilines is 1. The maximum atomic E-state index is 10.8. The normalized spacial score (nSPS) is 24.9. The van der Waals surface area contributed by atoms with E-state index in [9.17, 15) is 5.11 Å². The molecule has 1 unspecified atom stereocenters. The van der Waals surface area contributed by atoms with Crippen LogP contribution in [0, 0.1) is 0 Å². The third kappa shape index (κ3) is 3.97. The minimum atomic E-state index is -0.995. The van der Waals surface area contributed by atoms with E-state index >= 15 is 0 Å². The van der Waals surface area contributed by atoms with E-state index < -0.39 is 5.60 Å². The van der Waals surface area contributed by atoms with E-state index in [0.29, 0.717) is 48.8 Å². The highest BCUT2D eigenvalue weighted by Crippen LogP contribution is 2.39. The summed E-state index contributed by atoms with van der Waals surface area (Å²) in [6.07, 6.45) is 6.45. The number of halogens is 1. The summed E-state index contributed by atoms with van der Waals surface area (Å²) in [6, 6.07) is 4.05. The van der Waals surface area contributed by atoms with Crippen LogP contribution in [-0.2, 0) is 4.74 Å². The number of β-amino-alcohol motifs (C(OH)–C–C–N with tert-alkyl or cyclic N) is 1. The van der Waals surface area contributed by atoms with Crippen molar-refractivity contribution in [3.8, 4) is 6.01 Å². The van der Waals surface area contributed by atoms with E-state index in [1.807, 2.05) is 6.07 Å². The molecular weight excluding hydrogens is 460 g/mol. The van der Waals surface area contributed by atoms with Crippen molar-refractivity contribution in [2.45, 2.75) is 43.7 Å². The number of fused-ring (bicyclic) bond motifs is 4. The molecule has 6 rings (SSSR count). The van der Waals surface area contributed by atoms with E-state index in [2.05, 4.69) is 14.9 Å². The lowest BCUT2D eigenvalue weighted by molar-refractivity contribution is -0.0123. The van der Waals surface area contributed by atoms with Gasteiger partial charge in [-0.25, -0.2) is 4.52 Å². The predicted octanol–water partition coefficient (Wildman–Crippen LogP) is 1.70. The molecule has 0 spiro atoms. The van der Waals surface area contributed by atoms with Crippen LogP contribution in [0.3, 0.4) is 0 Å². The van der Waals surface area contributed by atoms with Crippen LogP contribution in [0.1, 0.15) is 32.6 Å². The average Bonchev–Trinajstić information content (AvgIpc) is 3.47. The first-order valence-corrected chi connectivity index (χ1v) is 12.1. The fourth-order valence-corrected chi connectivity index (χ4v) is 6.01. The number of ether oxygens (including phenoxy) is 2. The Kier molecular flexibility index (Phi) is 6.06. The quantitative estimate of drug-likeness (QED) is 0.549. The van der Waals surface area contributed by atoms with Crippen molar-refractivity contribution in [3.63, 3.8) is 0 Å². The third-order valence-electron chi connectivity index (χ3n) is 7.29. The summed E-state index contributed by atoms with van der Waals surface area (Å²) in [5.41, 5.74) is 0.626. The Morgan fingerprint density at radius 2 is 2.00 bits per heavy atom. The predicted molar refractivity (Wildman–Crippen MR) is 129 cm³/mol. The molecule has 11 heteroatoms. The second kappa shape index (κ2) is 8.76. The molecule has 0 aliphatic carbocycles. The van der Waals surface area contributed by atoms with Gasteiger partial charge in [0, 0.05) is 12.6 Å². The average molecular weight is 491 g/mol. The minimum absolute atomic E-state index is 0. The highest BCUT2D eigenvalue weighted by Gasteiger charge is 2.45. The number of aromatic nitrogens is 4. The van der Waals surface area contributed by atoms with Gasteiger partial charge in [0.25, 0.3) is 0 Å². The molecule has 184 valence electrons. The van der Waals surface area contributed by atoms with E-state index in [1.165, 1.54) is 12.8 Å². The first-order valence-electron chi connectivity index (χ1n) is 11.7. The summed E-state index contributed by atoms with van der Waals surface area (Å²) in [5.74, 6) is 0.704. The van der Waals surface area contributed by atoms with Gasteiger partial charge in [-0.05, 0) is 51.8 Å². The van der Waals surface area contributed by atoms with Crippen molar-refractivity contribution in [2.75, 3.05) is 50.9 Å². The molecule has 34 heavy (non-hydrogen) atoms. The molecule has 3 aliphatic rings. The third-order valence-corrected chi connectivity index (χ3v) is 7.55. The van der Waals surface area contributed by atoms with Gasteiger partial charge in [0.2, 0.25) is 0 Å². The highest BCUT2D eigenvalue weighted by molar-refractivity contribution is 6.30. The number of pyridine rings is 1. The lowest BCUT2D eigenvalue weighted by Crippen LogP contribution is -2.44. The smallest absolute Gasteiger partial charge is 0.319 e. The van der Waals surface area contributed by atoms with Crippen LogP contribution in [0.5, 0.6) is 6.01 Å². The van der Waals surface area contributed by atoms with Gasteiger partial charge < -0.3 is 25.0 Å². The maximum absolute atomic E-state index is 10.8. The summed E-state index contributed by atoms with van der Waals surface area (Å²) >= 11 is 6.51. The van der Waals surface area contributed by atoms with Crippen molar-refractivity contribution in [1.29, 1.82) is 0 Å². The van der Waals surface area contributed by atoms with Gasteiger partial charge >= 0.3 is 6.01 Å². The number of rotatable bonds is 4. The van der Waals surface area contributed by atoms with E-state index in [-0.39, 0.29) is 17.6 Å². The van der Waals surface area contributed by atoms with Crippen LogP contribution in [0.25, 0.3) is 16.4 Å². The minimum Gasteiger partial charge on any atom is -0.461 e. The summed E-state index contributed by atoms with van der Waals surface area (Å²) in [7, 11) is 0. The van der Waals surface area contributed by atoms with Crippen LogP contribution < -0.4 is 9.64 Å². The van der Waals surface area contributed by atoms with Crippen LogP contribution in [-0.4, -0.2) is 92.2 Å². The topological polar surface area (TPSA) is 120 Å². The van der Waals surface area contributed by atoms with Gasteiger partial charge in [-0.15, -0.1) is 0 Å². The van der Waals surface area contributed by atoms with Gasteiger partial charge in [-0.3, -0.25) is 4.90 Å². The first-order chi connectivity index (χ1) is 15.9. The Morgan fingerprint density at radius 1 is 1.21 bits per heavy atom. The number of aliphatic hydroxyl groups is 1. The molecule has 6 heterocycles. The molecule has 0 aromatic carbocycles. The lowest BCUT2D eigenvalue weighted by Gasteiger charge is -2.32. The molecule has 0 amide bonds. The Bertz CT molecular complexity index is 1190. The maximum Gasteiger partial charge on any atom is 0.319 e. The van der Waals surface area contributed by atoms with Crippen molar-refractivity contribution in [1.82, 2.24) is 24.5 Å². The standard InChI is InChI=1S/C23H29ClN6O3.H2O/c1-22(31)13-28(10-11-32-14-22)20-19-16(12-18(24)30-17(19)4-7-25-30)26-21(27-20)33-15-23-5-2-8-29(23)9-3-6-23;/h4,7,12,31H,2-3,5-6,8-11,13-15H2,1H3;1H2. The van der Waals surface area contributed by atoms with Gasteiger partial charge in [0.1, 0.15) is 23.2 Å². The molecular formula is C23H31ClN6O4. The molecule has 0 radical (unpaired) electrons. The monoisotopic (exact) mass is 490 g/mol. The number of nitrogens with zero attached hydrogens (tertiary/aromatic N) is 6. The Morgan fingerprint density at radius 3 is 2.79 bits per heavy atom. The fourth-order valence-electron chi connectivity index (χ4n) is 5.77. The molecule has 3 N–H and O–H groups in total. The zero-order valence-electron chi connectivity index (χ0n) is 19.3. The van der Waals surface area contributed by atoms with Crippen molar-refractivity contribution in [3.05, 3.63) is 23.5 Å². The van der Waals surface area contributed by atoms with Gasteiger partial charge in [-0.2, -0.15) is 15.1 Å². The van der Waals surface area contributed by atoms with E-state index in [1.54, 1.807) is 23.7 Å². The van der Waals surface area contributed by atoms with E-state index in [0.717, 1.165) is 36.8 Å². The van der Waals surface area contributed by atoms with Crippen LogP contribution in [0.2, 0.25) is 5.15 Å². The lowest BCUT2D eigenvalue weighted by atomic mass is 9.95. The van der Waals surface area contributed by atoms with Crippen molar-refractivity contribution >= 4 is 33.8 Å². The SMILES string of the molecule is CC1(O)COCCN(c2nc(OCC34CCCN3CCC4)nc3cc(Cl)n4nccc4c23)C1.O. The zero-order valence-corrected chi connectivity index (χ0v) is 20.1. The number of hydrogen-bond donors (Lipinski definition) is 1. The highest BCUT2D eigenvalue weighted by atomic mass is 35.5. The second-order valence-corrected chi connectivity index (χ2v) is 10.3. The van der Waals surface area contributed by atoms with Gasteiger partial charge in [0.05, 0.1) is 47.9 Å². The van der Waals surface area contributed by atoms with Gasteiger partial charge in [-0.1, -0.05) is 11.6 Å². The second-order valence-electron chi connectivity index (χ2n) is 9.86.